The van der Waals surface area contributed by atoms with Gasteiger partial charge < -0.3 is 39.4 Å². The maximum Gasteiger partial charge on any atom is 0.333 e. The number of hydrogen-bond donors (Lipinski definition) is 4. The molecule has 1 aliphatic rings. The zero-order chi connectivity index (χ0) is 37.0. The summed E-state index contributed by atoms with van der Waals surface area (Å²) in [6, 6.07) is 14.1. The first kappa shape index (κ1) is 41.7. The fourth-order valence-corrected chi connectivity index (χ4v) is 6.35. The standard InChI is InChI=1S/C41H58O10/c1-4-5-6-7-31-8-10-34(11-9-31)35-12-14-36(15-13-35)37-22-38(48-16-18-50-40(46)29(2)20-32(25-42)26-43)24-39(23-37)49-17-19-51-41(47)30(3)21-33(27-44)28-45/h12-15,22-24,31-34,42-45H,2-11,16-21,25-28H2,1H3. The largest absolute Gasteiger partial charge is 0.490 e. The van der Waals surface area contributed by atoms with Crippen molar-refractivity contribution in [2.24, 2.45) is 17.8 Å². The lowest BCUT2D eigenvalue weighted by Gasteiger charge is -2.29. The van der Waals surface area contributed by atoms with Crippen molar-refractivity contribution in [2.75, 3.05) is 52.9 Å². The number of carbonyl (C=O) groups excluding carboxylic acids is 2. The number of unbranched alkanes of at least 4 members (excludes halogenated alkanes) is 2. The van der Waals surface area contributed by atoms with Crippen LogP contribution in [0.5, 0.6) is 11.5 Å². The van der Waals surface area contributed by atoms with Crippen molar-refractivity contribution in [3.05, 3.63) is 72.3 Å². The molecule has 51 heavy (non-hydrogen) atoms. The van der Waals surface area contributed by atoms with E-state index >= 15 is 0 Å². The van der Waals surface area contributed by atoms with Crippen molar-refractivity contribution >= 4 is 11.9 Å². The Morgan fingerprint density at radius 3 is 1.63 bits per heavy atom. The lowest BCUT2D eigenvalue weighted by molar-refractivity contribution is -0.140. The third-order valence-electron chi connectivity index (χ3n) is 9.51. The number of benzene rings is 2. The van der Waals surface area contributed by atoms with Gasteiger partial charge in [-0.25, -0.2) is 9.59 Å². The van der Waals surface area contributed by atoms with Crippen LogP contribution in [-0.2, 0) is 19.1 Å². The molecule has 4 N–H and O–H groups in total. The van der Waals surface area contributed by atoms with E-state index in [2.05, 4.69) is 44.3 Å². The Kier molecular flexibility index (Phi) is 18.8. The van der Waals surface area contributed by atoms with Crippen LogP contribution in [0.15, 0.2) is 66.8 Å². The zero-order valence-corrected chi connectivity index (χ0v) is 30.2. The van der Waals surface area contributed by atoms with Crippen LogP contribution in [0.4, 0.5) is 0 Å². The molecule has 0 unspecified atom stereocenters. The van der Waals surface area contributed by atoms with Crippen LogP contribution in [0.3, 0.4) is 0 Å². The minimum atomic E-state index is -0.617. The van der Waals surface area contributed by atoms with E-state index in [-0.39, 0.29) is 76.8 Å². The minimum absolute atomic E-state index is 0.0377. The number of aliphatic hydroxyl groups is 4. The molecule has 0 saturated heterocycles. The molecule has 0 heterocycles. The van der Waals surface area contributed by atoms with E-state index < -0.39 is 23.8 Å². The fourth-order valence-electron chi connectivity index (χ4n) is 6.35. The molecular weight excluding hydrogens is 652 g/mol. The Morgan fingerprint density at radius 1 is 0.686 bits per heavy atom. The van der Waals surface area contributed by atoms with Crippen LogP contribution < -0.4 is 9.47 Å². The topological polar surface area (TPSA) is 152 Å². The van der Waals surface area contributed by atoms with Crippen LogP contribution in [0.1, 0.15) is 82.6 Å². The maximum absolute atomic E-state index is 12.3. The van der Waals surface area contributed by atoms with Gasteiger partial charge in [0.1, 0.15) is 37.9 Å². The molecule has 0 bridgehead atoms. The van der Waals surface area contributed by atoms with Gasteiger partial charge in [-0.2, -0.15) is 0 Å². The second kappa shape index (κ2) is 23.0. The molecule has 0 aliphatic heterocycles. The van der Waals surface area contributed by atoms with Gasteiger partial charge >= 0.3 is 11.9 Å². The van der Waals surface area contributed by atoms with Crippen LogP contribution in [0.25, 0.3) is 11.1 Å². The molecule has 2 aromatic carbocycles. The molecule has 3 rings (SSSR count). The quantitative estimate of drug-likeness (QED) is 0.0568. The van der Waals surface area contributed by atoms with Gasteiger partial charge in [-0.3, -0.25) is 0 Å². The highest BCUT2D eigenvalue weighted by Crippen LogP contribution is 2.39. The van der Waals surface area contributed by atoms with Crippen molar-refractivity contribution in [3.8, 4) is 22.6 Å². The zero-order valence-electron chi connectivity index (χ0n) is 30.2. The monoisotopic (exact) mass is 710 g/mol. The highest BCUT2D eigenvalue weighted by Gasteiger charge is 2.22. The Morgan fingerprint density at radius 2 is 1.18 bits per heavy atom. The van der Waals surface area contributed by atoms with Gasteiger partial charge in [0.2, 0.25) is 0 Å². The Bertz CT molecular complexity index is 1290. The van der Waals surface area contributed by atoms with Crippen LogP contribution in [0, 0.1) is 17.8 Å². The van der Waals surface area contributed by atoms with Crippen LogP contribution in [0.2, 0.25) is 0 Å². The summed E-state index contributed by atoms with van der Waals surface area (Å²) in [4.78, 5) is 24.6. The third-order valence-corrected chi connectivity index (χ3v) is 9.51. The maximum atomic E-state index is 12.3. The van der Waals surface area contributed by atoms with E-state index in [4.69, 9.17) is 18.9 Å². The van der Waals surface area contributed by atoms with Crippen molar-refractivity contribution in [2.45, 2.75) is 77.0 Å². The first-order valence-corrected chi connectivity index (χ1v) is 18.3. The highest BCUT2D eigenvalue weighted by molar-refractivity contribution is 5.88. The summed E-state index contributed by atoms with van der Waals surface area (Å²) in [6.07, 6.45) is 10.6. The van der Waals surface area contributed by atoms with Gasteiger partial charge in [0.15, 0.2) is 0 Å². The Labute approximate surface area is 303 Å². The van der Waals surface area contributed by atoms with E-state index in [0.29, 0.717) is 17.4 Å². The highest BCUT2D eigenvalue weighted by atomic mass is 16.6. The molecular formula is C41H58O10. The van der Waals surface area contributed by atoms with E-state index in [1.807, 2.05) is 12.1 Å². The van der Waals surface area contributed by atoms with E-state index in [1.54, 1.807) is 6.07 Å². The third kappa shape index (κ3) is 14.4. The SMILES string of the molecule is C=C(CC(CO)CO)C(=O)OCCOc1cc(OCCOC(=O)C(=C)CC(CO)CO)cc(-c2ccc(C3CCC(CCCCC)CC3)cc2)c1. The smallest absolute Gasteiger partial charge is 0.333 e. The lowest BCUT2D eigenvalue weighted by atomic mass is 9.77. The van der Waals surface area contributed by atoms with Crippen molar-refractivity contribution in [3.63, 3.8) is 0 Å². The second-order valence-electron chi connectivity index (χ2n) is 13.6. The Hall–Kier alpha value is -3.70. The first-order valence-electron chi connectivity index (χ1n) is 18.3. The summed E-state index contributed by atoms with van der Waals surface area (Å²) in [6.45, 7) is 8.67. The van der Waals surface area contributed by atoms with E-state index in [1.165, 1.54) is 56.9 Å². The van der Waals surface area contributed by atoms with Crippen molar-refractivity contribution in [1.29, 1.82) is 0 Å². The van der Waals surface area contributed by atoms with Crippen molar-refractivity contribution < 1.29 is 49.0 Å². The molecule has 2 aromatic rings. The van der Waals surface area contributed by atoms with Crippen LogP contribution >= 0.6 is 0 Å². The lowest BCUT2D eigenvalue weighted by Crippen LogP contribution is -2.18. The normalized spacial score (nSPS) is 15.8. The van der Waals surface area contributed by atoms with Gasteiger partial charge in [-0.05, 0) is 79.2 Å². The molecule has 0 atom stereocenters. The summed E-state index contributed by atoms with van der Waals surface area (Å²) >= 11 is 0. The number of aliphatic hydroxyl groups excluding tert-OH is 4. The summed E-state index contributed by atoms with van der Waals surface area (Å²) in [7, 11) is 0. The van der Waals surface area contributed by atoms with Gasteiger partial charge in [0.05, 0.1) is 0 Å². The summed E-state index contributed by atoms with van der Waals surface area (Å²) in [5.74, 6) is 0.234. The number of rotatable bonds is 24. The molecule has 10 nitrogen and oxygen atoms in total. The molecule has 0 radical (unpaired) electrons. The molecule has 1 aliphatic carbocycles. The van der Waals surface area contributed by atoms with Gasteiger partial charge in [-0.1, -0.05) is 70.0 Å². The summed E-state index contributed by atoms with van der Waals surface area (Å²) in [5.41, 5.74) is 3.53. The molecule has 282 valence electrons. The molecule has 0 aromatic heterocycles. The second-order valence-corrected chi connectivity index (χ2v) is 13.6. The van der Waals surface area contributed by atoms with Gasteiger partial charge in [0.25, 0.3) is 0 Å². The summed E-state index contributed by atoms with van der Waals surface area (Å²) in [5, 5.41) is 37.1. The minimum Gasteiger partial charge on any atom is -0.490 e. The molecule has 1 saturated carbocycles. The predicted octanol–water partition coefficient (Wildman–Crippen LogP) is 6.15. The average molecular weight is 711 g/mol. The van der Waals surface area contributed by atoms with Gasteiger partial charge in [-0.15, -0.1) is 0 Å². The number of esters is 2. The number of carbonyl (C=O) groups is 2. The number of ether oxygens (including phenoxy) is 4. The summed E-state index contributed by atoms with van der Waals surface area (Å²) < 4.78 is 22.5. The molecule has 0 spiro atoms. The Balaban J connectivity index is 1.63. The molecule has 1 fully saturated rings. The van der Waals surface area contributed by atoms with E-state index in [0.717, 1.165) is 17.0 Å². The van der Waals surface area contributed by atoms with Gasteiger partial charge in [0, 0.05) is 55.5 Å². The fraction of sp³-hybridized carbons (Fsp3) is 0.561. The first-order chi connectivity index (χ1) is 24.7. The van der Waals surface area contributed by atoms with Crippen LogP contribution in [-0.4, -0.2) is 85.2 Å². The predicted molar refractivity (Wildman–Crippen MR) is 196 cm³/mol. The van der Waals surface area contributed by atoms with E-state index in [9.17, 15) is 30.0 Å². The molecule has 10 heteroatoms. The number of hydrogen-bond acceptors (Lipinski definition) is 10. The average Bonchev–Trinajstić information content (AvgIpc) is 3.16. The molecule has 0 amide bonds. The van der Waals surface area contributed by atoms with Crippen molar-refractivity contribution in [1.82, 2.24) is 0 Å².